The maximum atomic E-state index is 12.1. The zero-order valence-electron chi connectivity index (χ0n) is 13.1. The van der Waals surface area contributed by atoms with Gasteiger partial charge in [0.15, 0.2) is 12.2 Å². The lowest BCUT2D eigenvalue weighted by Gasteiger charge is -2.09. The van der Waals surface area contributed by atoms with Crippen molar-refractivity contribution < 1.29 is 19.4 Å². The molecule has 0 bridgehead atoms. The molecule has 7 heteroatoms. The van der Waals surface area contributed by atoms with Gasteiger partial charge < -0.3 is 15.2 Å². The second-order valence-corrected chi connectivity index (χ2v) is 7.22. The number of aliphatic hydroxyl groups is 1. The van der Waals surface area contributed by atoms with E-state index < -0.39 is 5.56 Å². The fraction of sp³-hybridized carbons (Fsp3) is 0.222. The Morgan fingerprint density at radius 1 is 1.20 bits per heavy atom. The molecule has 1 aliphatic heterocycles. The molecule has 2 aromatic carbocycles. The first-order valence-corrected chi connectivity index (χ1v) is 8.98. The van der Waals surface area contributed by atoms with Crippen LogP contribution < -0.4 is 10.1 Å². The molecule has 1 aliphatic rings. The highest BCUT2D eigenvalue weighted by Crippen LogP contribution is 2.25. The van der Waals surface area contributed by atoms with Crippen molar-refractivity contribution in [3.8, 4) is 5.75 Å². The number of nitrogens with one attached hydrogen (secondary N) is 1. The summed E-state index contributed by atoms with van der Waals surface area (Å²) in [5.41, 5.74) is 0.547. The number of hydrogen-bond acceptors (Lipinski definition) is 5. The number of Topliss-reactive ketones (excluding diaryl/α,β-unsaturated/α-hetero) is 1. The number of carbonyl (C=O) groups is 2. The summed E-state index contributed by atoms with van der Waals surface area (Å²) < 4.78 is 5.51. The second kappa shape index (κ2) is 7.91. The van der Waals surface area contributed by atoms with Gasteiger partial charge in [0.1, 0.15) is 5.75 Å². The zero-order valence-corrected chi connectivity index (χ0v) is 14.7. The first-order valence-electron chi connectivity index (χ1n) is 7.66. The summed E-state index contributed by atoms with van der Waals surface area (Å²) in [5, 5.41) is 12.0. The molecular formula is C18H16ClNO4S. The van der Waals surface area contributed by atoms with E-state index in [4.69, 9.17) is 16.3 Å². The van der Waals surface area contributed by atoms with Crippen LogP contribution >= 0.6 is 23.4 Å². The summed E-state index contributed by atoms with van der Waals surface area (Å²) in [6.45, 7) is -0.101. The highest BCUT2D eigenvalue weighted by atomic mass is 35.5. The SMILES string of the molecule is O=C(COc1ccc(CC2SC(O)NC2=O)cc1)c1ccccc1Cl. The van der Waals surface area contributed by atoms with Crippen LogP contribution in [0.3, 0.4) is 0 Å². The van der Waals surface area contributed by atoms with E-state index in [0.29, 0.717) is 22.8 Å². The van der Waals surface area contributed by atoms with Crippen LogP contribution in [-0.4, -0.2) is 34.2 Å². The molecule has 1 saturated heterocycles. The molecule has 2 N–H and O–H groups in total. The van der Waals surface area contributed by atoms with Crippen LogP contribution in [0.25, 0.3) is 0 Å². The average molecular weight is 378 g/mol. The van der Waals surface area contributed by atoms with Crippen LogP contribution in [0.15, 0.2) is 48.5 Å². The third kappa shape index (κ3) is 4.54. The molecule has 2 unspecified atom stereocenters. The van der Waals surface area contributed by atoms with Gasteiger partial charge >= 0.3 is 0 Å². The normalized spacial score (nSPS) is 19.5. The van der Waals surface area contributed by atoms with Crippen LogP contribution in [-0.2, 0) is 11.2 Å². The van der Waals surface area contributed by atoms with Crippen molar-refractivity contribution >= 4 is 35.1 Å². The number of ether oxygens (including phenoxy) is 1. The van der Waals surface area contributed by atoms with E-state index in [9.17, 15) is 14.7 Å². The molecule has 0 aromatic heterocycles. The Kier molecular flexibility index (Phi) is 5.63. The van der Waals surface area contributed by atoms with Gasteiger partial charge in [0, 0.05) is 5.56 Å². The number of thioether (sulfide) groups is 1. The Labute approximate surface area is 154 Å². The minimum absolute atomic E-state index is 0.101. The minimum Gasteiger partial charge on any atom is -0.485 e. The van der Waals surface area contributed by atoms with Crippen molar-refractivity contribution in [3.63, 3.8) is 0 Å². The van der Waals surface area contributed by atoms with Crippen LogP contribution in [0.1, 0.15) is 15.9 Å². The lowest BCUT2D eigenvalue weighted by molar-refractivity contribution is -0.121. The van der Waals surface area contributed by atoms with Crippen molar-refractivity contribution in [1.29, 1.82) is 0 Å². The summed E-state index contributed by atoms with van der Waals surface area (Å²) >= 11 is 7.19. The Balaban J connectivity index is 1.55. The van der Waals surface area contributed by atoms with E-state index in [-0.39, 0.29) is 23.5 Å². The van der Waals surface area contributed by atoms with Crippen molar-refractivity contribution in [2.24, 2.45) is 0 Å². The summed E-state index contributed by atoms with van der Waals surface area (Å²) in [6.07, 6.45) is 0.520. The van der Waals surface area contributed by atoms with Crippen LogP contribution in [0.5, 0.6) is 5.75 Å². The number of amides is 1. The number of hydrogen-bond donors (Lipinski definition) is 2. The number of aliphatic hydroxyl groups excluding tert-OH is 1. The van der Waals surface area contributed by atoms with E-state index in [1.807, 2.05) is 12.1 Å². The largest absolute Gasteiger partial charge is 0.485 e. The van der Waals surface area contributed by atoms with E-state index in [1.54, 1.807) is 36.4 Å². The molecule has 5 nitrogen and oxygen atoms in total. The fourth-order valence-electron chi connectivity index (χ4n) is 2.46. The molecule has 0 aliphatic carbocycles. The molecule has 2 aromatic rings. The first kappa shape index (κ1) is 17.8. The number of carbonyl (C=O) groups excluding carboxylic acids is 2. The molecule has 1 amide bonds. The molecule has 0 saturated carbocycles. The quantitative estimate of drug-likeness (QED) is 0.757. The monoisotopic (exact) mass is 377 g/mol. The molecule has 25 heavy (non-hydrogen) atoms. The average Bonchev–Trinajstić information content (AvgIpc) is 2.91. The van der Waals surface area contributed by atoms with E-state index in [1.165, 1.54) is 11.8 Å². The van der Waals surface area contributed by atoms with Gasteiger partial charge in [-0.05, 0) is 36.2 Å². The zero-order chi connectivity index (χ0) is 17.8. The fourth-order valence-corrected chi connectivity index (χ4v) is 3.67. The van der Waals surface area contributed by atoms with Crippen molar-refractivity contribution in [2.45, 2.75) is 17.2 Å². The molecule has 130 valence electrons. The summed E-state index contributed by atoms with van der Waals surface area (Å²) in [6, 6.07) is 14.0. The molecular weight excluding hydrogens is 362 g/mol. The van der Waals surface area contributed by atoms with Crippen molar-refractivity contribution in [1.82, 2.24) is 5.32 Å². The molecule has 2 atom stereocenters. The van der Waals surface area contributed by atoms with Gasteiger partial charge in [-0.25, -0.2) is 0 Å². The molecule has 0 radical (unpaired) electrons. The van der Waals surface area contributed by atoms with Crippen LogP contribution in [0, 0.1) is 0 Å². The van der Waals surface area contributed by atoms with Crippen LogP contribution in [0.4, 0.5) is 0 Å². The highest BCUT2D eigenvalue weighted by molar-refractivity contribution is 8.01. The molecule has 3 rings (SSSR count). The van der Waals surface area contributed by atoms with E-state index in [2.05, 4.69) is 5.32 Å². The van der Waals surface area contributed by atoms with Gasteiger partial charge in [0.2, 0.25) is 11.7 Å². The smallest absolute Gasteiger partial charge is 0.236 e. The maximum absolute atomic E-state index is 12.1. The molecule has 0 spiro atoms. The summed E-state index contributed by atoms with van der Waals surface area (Å²) in [4.78, 5) is 23.8. The predicted octanol–water partition coefficient (Wildman–Crippen LogP) is 2.65. The maximum Gasteiger partial charge on any atom is 0.236 e. The standard InChI is InChI=1S/C18H16ClNO4S/c19-14-4-2-1-3-13(14)15(21)10-24-12-7-5-11(6-8-12)9-16-17(22)20-18(23)25-16/h1-8,16,18,23H,9-10H2,(H,20,22). The van der Waals surface area contributed by atoms with Crippen LogP contribution in [0.2, 0.25) is 5.02 Å². The lowest BCUT2D eigenvalue weighted by atomic mass is 10.1. The number of benzene rings is 2. The Bertz CT molecular complexity index is 781. The number of halogens is 1. The highest BCUT2D eigenvalue weighted by Gasteiger charge is 2.31. The molecule has 1 fully saturated rings. The Hall–Kier alpha value is -2.02. The van der Waals surface area contributed by atoms with E-state index >= 15 is 0 Å². The van der Waals surface area contributed by atoms with Gasteiger partial charge in [0.25, 0.3) is 0 Å². The topological polar surface area (TPSA) is 75.6 Å². The third-order valence-corrected chi connectivity index (χ3v) is 5.15. The minimum atomic E-state index is -0.837. The van der Waals surface area contributed by atoms with Gasteiger partial charge in [-0.15, -0.1) is 0 Å². The summed E-state index contributed by atoms with van der Waals surface area (Å²) in [7, 11) is 0. The number of ketones is 1. The van der Waals surface area contributed by atoms with Gasteiger partial charge in [-0.2, -0.15) is 0 Å². The van der Waals surface area contributed by atoms with Crippen molar-refractivity contribution in [2.75, 3.05) is 6.61 Å². The third-order valence-electron chi connectivity index (χ3n) is 3.74. The molecule has 1 heterocycles. The van der Waals surface area contributed by atoms with Gasteiger partial charge in [-0.3, -0.25) is 9.59 Å². The first-order chi connectivity index (χ1) is 12.0. The Morgan fingerprint density at radius 3 is 2.56 bits per heavy atom. The van der Waals surface area contributed by atoms with Crippen molar-refractivity contribution in [3.05, 3.63) is 64.7 Å². The predicted molar refractivity (Wildman–Crippen MR) is 97.0 cm³/mol. The summed E-state index contributed by atoms with van der Waals surface area (Å²) in [5.74, 6) is 0.207. The lowest BCUT2D eigenvalue weighted by Crippen LogP contribution is -2.27. The Morgan fingerprint density at radius 2 is 1.92 bits per heavy atom. The second-order valence-electron chi connectivity index (χ2n) is 5.53. The van der Waals surface area contributed by atoms with Gasteiger partial charge in [-0.1, -0.05) is 47.6 Å². The van der Waals surface area contributed by atoms with E-state index in [0.717, 1.165) is 5.56 Å². The van der Waals surface area contributed by atoms with Gasteiger partial charge in [0.05, 0.1) is 10.3 Å². The number of rotatable bonds is 6.